The second kappa shape index (κ2) is 6.18. The molecule has 5 aliphatic rings. The maximum Gasteiger partial charge on any atom is 0.330 e. The summed E-state index contributed by atoms with van der Waals surface area (Å²) in [5.74, 6) is 1.21. The zero-order valence-corrected chi connectivity index (χ0v) is 17.2. The Hall–Kier alpha value is -1.13. The Labute approximate surface area is 168 Å². The topological polar surface area (TPSA) is 66.8 Å². The lowest BCUT2D eigenvalue weighted by Crippen LogP contribution is -2.61. The number of rotatable bonds is 1. The maximum absolute atomic E-state index is 12.2. The van der Waals surface area contributed by atoms with Crippen LogP contribution in [0.15, 0.2) is 23.8 Å². The first-order chi connectivity index (χ1) is 13.3. The van der Waals surface area contributed by atoms with E-state index in [0.717, 1.165) is 51.4 Å². The predicted molar refractivity (Wildman–Crippen MR) is 106 cm³/mol. The quantitative estimate of drug-likeness (QED) is 0.532. The van der Waals surface area contributed by atoms with Gasteiger partial charge in [-0.3, -0.25) is 0 Å². The second-order valence-corrected chi connectivity index (χ2v) is 10.6. The lowest BCUT2D eigenvalue weighted by molar-refractivity contribution is -0.189. The van der Waals surface area contributed by atoms with Crippen molar-refractivity contribution >= 4 is 5.97 Å². The van der Waals surface area contributed by atoms with Crippen molar-refractivity contribution in [2.45, 2.75) is 76.9 Å². The van der Waals surface area contributed by atoms with E-state index in [1.807, 2.05) is 6.08 Å². The van der Waals surface area contributed by atoms with E-state index in [9.17, 15) is 15.0 Å². The van der Waals surface area contributed by atoms with Crippen molar-refractivity contribution in [1.29, 1.82) is 0 Å². The summed E-state index contributed by atoms with van der Waals surface area (Å²) in [7, 11) is 0. The maximum atomic E-state index is 12.2. The number of hydrogen-bond donors (Lipinski definition) is 2. The van der Waals surface area contributed by atoms with Gasteiger partial charge in [-0.15, -0.1) is 0 Å². The van der Waals surface area contributed by atoms with Crippen LogP contribution in [-0.4, -0.2) is 34.5 Å². The van der Waals surface area contributed by atoms with E-state index in [0.29, 0.717) is 24.4 Å². The van der Waals surface area contributed by atoms with E-state index in [-0.39, 0.29) is 28.8 Å². The molecule has 0 saturated heterocycles. The van der Waals surface area contributed by atoms with E-state index in [1.54, 1.807) is 6.08 Å². The Balaban J connectivity index is 1.46. The molecule has 8 unspecified atom stereocenters. The number of ether oxygens (including phenoxy) is 1. The fraction of sp³-hybridized carbons (Fsp3) is 0.792. The van der Waals surface area contributed by atoms with Crippen molar-refractivity contribution in [3.8, 4) is 0 Å². The molecule has 0 spiro atoms. The van der Waals surface area contributed by atoms with Crippen molar-refractivity contribution < 1.29 is 19.7 Å². The van der Waals surface area contributed by atoms with Crippen LogP contribution in [0.1, 0.15) is 65.2 Å². The van der Waals surface area contributed by atoms with E-state index >= 15 is 0 Å². The van der Waals surface area contributed by atoms with Gasteiger partial charge in [0.1, 0.15) is 0 Å². The number of allylic oxidation sites excluding steroid dienone is 1. The van der Waals surface area contributed by atoms with Gasteiger partial charge < -0.3 is 14.9 Å². The number of aliphatic hydroxyl groups is 2. The van der Waals surface area contributed by atoms with Gasteiger partial charge in [-0.05, 0) is 74.5 Å². The smallest absolute Gasteiger partial charge is 0.330 e. The van der Waals surface area contributed by atoms with Crippen LogP contribution in [0.25, 0.3) is 0 Å². The van der Waals surface area contributed by atoms with Crippen LogP contribution in [0.2, 0.25) is 0 Å². The van der Waals surface area contributed by atoms with E-state index < -0.39 is 5.60 Å². The Morgan fingerprint density at radius 3 is 2.57 bits per heavy atom. The van der Waals surface area contributed by atoms with Crippen molar-refractivity contribution in [3.63, 3.8) is 0 Å². The number of cyclic esters (lactones) is 1. The molecule has 3 saturated carbocycles. The van der Waals surface area contributed by atoms with Crippen molar-refractivity contribution in [3.05, 3.63) is 23.8 Å². The molecule has 3 fully saturated rings. The van der Waals surface area contributed by atoms with Crippen LogP contribution < -0.4 is 0 Å². The first kappa shape index (κ1) is 18.9. The van der Waals surface area contributed by atoms with Gasteiger partial charge in [-0.1, -0.05) is 31.6 Å². The summed E-state index contributed by atoms with van der Waals surface area (Å²) < 4.78 is 5.33. The number of aliphatic hydroxyl groups excluding tert-OH is 1. The molecule has 154 valence electrons. The Bertz CT molecular complexity index is 741. The number of fused-ring (bicyclic) bond motifs is 5. The Morgan fingerprint density at radius 2 is 1.82 bits per heavy atom. The third kappa shape index (κ3) is 2.40. The van der Waals surface area contributed by atoms with Crippen LogP contribution >= 0.6 is 0 Å². The normalized spacial score (nSPS) is 52.9. The van der Waals surface area contributed by atoms with Crippen molar-refractivity contribution in [2.24, 2.45) is 34.5 Å². The van der Waals surface area contributed by atoms with E-state index in [4.69, 9.17) is 4.74 Å². The zero-order chi connectivity index (χ0) is 19.7. The number of hydrogen-bond acceptors (Lipinski definition) is 4. The van der Waals surface area contributed by atoms with Gasteiger partial charge in [0.15, 0.2) is 0 Å². The summed E-state index contributed by atoms with van der Waals surface area (Å²) in [6.07, 6.45) is 13.5. The molecule has 4 heteroatoms. The molecule has 0 bridgehead atoms. The zero-order valence-electron chi connectivity index (χ0n) is 17.2. The number of esters is 1. The second-order valence-electron chi connectivity index (χ2n) is 10.6. The summed E-state index contributed by atoms with van der Waals surface area (Å²) in [6, 6.07) is 0. The molecule has 0 aromatic carbocycles. The largest absolute Gasteiger partial charge is 0.462 e. The molecule has 28 heavy (non-hydrogen) atoms. The summed E-state index contributed by atoms with van der Waals surface area (Å²) in [5, 5.41) is 22.3. The molecular formula is C24H34O4. The number of carbonyl (C=O) groups excluding carboxylic acids is 1. The lowest BCUT2D eigenvalue weighted by Gasteiger charge is -2.62. The molecule has 1 heterocycles. The predicted octanol–water partition coefficient (Wildman–Crippen LogP) is 3.77. The highest BCUT2D eigenvalue weighted by atomic mass is 16.5. The summed E-state index contributed by atoms with van der Waals surface area (Å²) in [4.78, 5) is 11.4. The van der Waals surface area contributed by atoms with Crippen molar-refractivity contribution in [2.75, 3.05) is 6.61 Å². The minimum atomic E-state index is -0.625. The molecule has 5 rings (SSSR count). The Morgan fingerprint density at radius 1 is 1.04 bits per heavy atom. The Kier molecular flexibility index (Phi) is 4.17. The summed E-state index contributed by atoms with van der Waals surface area (Å²) in [6.45, 7) is 5.16. The van der Waals surface area contributed by atoms with Gasteiger partial charge in [0.25, 0.3) is 0 Å². The highest BCUT2D eigenvalue weighted by molar-refractivity contribution is 5.82. The average molecular weight is 387 g/mol. The van der Waals surface area contributed by atoms with Gasteiger partial charge in [0, 0.05) is 17.4 Å². The van der Waals surface area contributed by atoms with Gasteiger partial charge in [-0.25, -0.2) is 4.79 Å². The lowest BCUT2D eigenvalue weighted by atomic mass is 9.45. The highest BCUT2D eigenvalue weighted by Gasteiger charge is 2.67. The van der Waals surface area contributed by atoms with E-state index in [1.165, 1.54) is 5.57 Å². The van der Waals surface area contributed by atoms with Crippen LogP contribution in [0.5, 0.6) is 0 Å². The molecule has 0 aromatic rings. The van der Waals surface area contributed by atoms with Crippen LogP contribution in [0, 0.1) is 34.5 Å². The third-order valence-corrected chi connectivity index (χ3v) is 9.76. The number of carbonyl (C=O) groups is 1. The fourth-order valence-electron chi connectivity index (χ4n) is 8.14. The fourth-order valence-corrected chi connectivity index (χ4v) is 8.14. The SMILES string of the molecule is CC12CCC(O)C=C1CCC1C2CCC2(C)C(C3C=CC(=O)OC3)CCC12O. The molecular weight excluding hydrogens is 352 g/mol. The molecule has 0 radical (unpaired) electrons. The van der Waals surface area contributed by atoms with Gasteiger partial charge in [-0.2, -0.15) is 0 Å². The first-order valence-electron chi connectivity index (χ1n) is 11.2. The molecule has 8 atom stereocenters. The van der Waals surface area contributed by atoms with Crippen molar-refractivity contribution in [1.82, 2.24) is 0 Å². The standard InChI is InChI=1S/C24H34O4/c1-22-10-7-17(25)13-16(22)4-5-20-19(22)8-11-23(2)18(9-12-24(20,23)27)15-3-6-21(26)28-14-15/h3,6,13,15,17-20,25,27H,4-5,7-12,14H2,1-2H3. The van der Waals surface area contributed by atoms with Gasteiger partial charge >= 0.3 is 5.97 Å². The third-order valence-electron chi connectivity index (χ3n) is 9.76. The van der Waals surface area contributed by atoms with Gasteiger partial charge in [0.2, 0.25) is 0 Å². The average Bonchev–Trinajstić information content (AvgIpc) is 2.95. The van der Waals surface area contributed by atoms with Crippen LogP contribution in [0.4, 0.5) is 0 Å². The molecule has 1 aliphatic heterocycles. The minimum absolute atomic E-state index is 0.112. The highest BCUT2D eigenvalue weighted by Crippen LogP contribution is 2.69. The van der Waals surface area contributed by atoms with Gasteiger partial charge in [0.05, 0.1) is 18.3 Å². The molecule has 0 aromatic heterocycles. The molecule has 0 amide bonds. The molecule has 2 N–H and O–H groups in total. The van der Waals surface area contributed by atoms with E-state index in [2.05, 4.69) is 19.9 Å². The molecule has 4 nitrogen and oxygen atoms in total. The molecule has 4 aliphatic carbocycles. The van der Waals surface area contributed by atoms with Crippen LogP contribution in [0.3, 0.4) is 0 Å². The first-order valence-corrected chi connectivity index (χ1v) is 11.2. The van der Waals surface area contributed by atoms with Crippen LogP contribution in [-0.2, 0) is 9.53 Å². The summed E-state index contributed by atoms with van der Waals surface area (Å²) in [5.41, 5.74) is 0.841. The summed E-state index contributed by atoms with van der Waals surface area (Å²) >= 11 is 0. The monoisotopic (exact) mass is 386 g/mol. The minimum Gasteiger partial charge on any atom is -0.462 e.